The molecule has 17 heavy (non-hydrogen) atoms. The molecule has 0 aromatic rings. The van der Waals surface area contributed by atoms with Gasteiger partial charge in [0.25, 0.3) is 0 Å². The number of likely N-dealkylation sites (N-methyl/N-ethyl adjacent to an activating group) is 1. The van der Waals surface area contributed by atoms with Crippen LogP contribution in [0.5, 0.6) is 0 Å². The summed E-state index contributed by atoms with van der Waals surface area (Å²) in [5.74, 6) is 0. The first kappa shape index (κ1) is 22.7. The van der Waals surface area contributed by atoms with Gasteiger partial charge in [-0.2, -0.15) is 40.5 Å². The fraction of sp³-hybridized carbons (Fsp3) is 0.778. The summed E-state index contributed by atoms with van der Waals surface area (Å²) in [6, 6.07) is -0.416. The van der Waals surface area contributed by atoms with Crippen LogP contribution >= 0.6 is 40.5 Å². The highest BCUT2D eigenvalue weighted by atomic mass is 32.1. The Hall–Kier alpha value is 0.590. The van der Waals surface area contributed by atoms with Crippen LogP contribution < -0.4 is 5.32 Å². The van der Waals surface area contributed by atoms with Gasteiger partial charge in [0.1, 0.15) is 18.3 Å². The molecule has 1 rings (SSSR count). The monoisotopic (exact) mass is 305 g/mol. The molecule has 0 aliphatic heterocycles. The largest absolute Gasteiger partial charge is 0.392 e. The Morgan fingerprint density at radius 1 is 1.12 bits per heavy atom. The van der Waals surface area contributed by atoms with Crippen LogP contribution in [0.1, 0.15) is 6.92 Å². The van der Waals surface area contributed by atoms with Gasteiger partial charge in [-0.1, -0.05) is 13.0 Å². The SMILES string of the molecule is CCN[C@H]1C=C(CO)[C@@H](O)C(O)[C@H]1O.S.S.S. The summed E-state index contributed by atoms with van der Waals surface area (Å²) >= 11 is 0. The molecule has 5 N–H and O–H groups in total. The molecular weight excluding hydrogens is 282 g/mol. The van der Waals surface area contributed by atoms with Crippen LogP contribution in [0.4, 0.5) is 0 Å². The molecule has 0 aromatic heterocycles. The maximum absolute atomic E-state index is 9.55. The van der Waals surface area contributed by atoms with E-state index in [-0.39, 0.29) is 47.1 Å². The van der Waals surface area contributed by atoms with E-state index < -0.39 is 24.4 Å². The highest BCUT2D eigenvalue weighted by Crippen LogP contribution is 2.19. The van der Waals surface area contributed by atoms with Gasteiger partial charge < -0.3 is 25.7 Å². The van der Waals surface area contributed by atoms with Gasteiger partial charge in [-0.25, -0.2) is 0 Å². The molecule has 0 saturated heterocycles. The average molecular weight is 305 g/mol. The first-order valence-electron chi connectivity index (χ1n) is 4.70. The van der Waals surface area contributed by atoms with Crippen LogP contribution in [0.3, 0.4) is 0 Å². The second kappa shape index (κ2) is 10.5. The normalized spacial score (nSPS) is 31.5. The number of hydrogen-bond acceptors (Lipinski definition) is 5. The van der Waals surface area contributed by atoms with Gasteiger partial charge in [0.05, 0.1) is 12.6 Å². The van der Waals surface area contributed by atoms with E-state index in [4.69, 9.17) is 5.11 Å². The van der Waals surface area contributed by atoms with Crippen molar-refractivity contribution in [1.29, 1.82) is 0 Å². The zero-order chi connectivity index (χ0) is 10.7. The van der Waals surface area contributed by atoms with Gasteiger partial charge in [-0.3, -0.25) is 0 Å². The smallest absolute Gasteiger partial charge is 0.111 e. The van der Waals surface area contributed by atoms with Gasteiger partial charge >= 0.3 is 0 Å². The predicted octanol–water partition coefficient (Wildman–Crippen LogP) is -1.68. The molecule has 0 aromatic carbocycles. The van der Waals surface area contributed by atoms with E-state index in [0.29, 0.717) is 12.1 Å². The number of rotatable bonds is 3. The van der Waals surface area contributed by atoms with Gasteiger partial charge in [0, 0.05) is 0 Å². The highest BCUT2D eigenvalue weighted by molar-refractivity contribution is 7.59. The third-order valence-electron chi connectivity index (χ3n) is 2.44. The summed E-state index contributed by atoms with van der Waals surface area (Å²) in [7, 11) is 0. The third kappa shape index (κ3) is 5.39. The summed E-state index contributed by atoms with van der Waals surface area (Å²) in [6.45, 7) is 2.20. The lowest BCUT2D eigenvalue weighted by atomic mass is 9.88. The molecule has 0 fully saturated rings. The fourth-order valence-electron chi connectivity index (χ4n) is 1.61. The summed E-state index contributed by atoms with van der Waals surface area (Å²) in [5, 5.41) is 40.3. The van der Waals surface area contributed by atoms with E-state index in [0.717, 1.165) is 0 Å². The number of aliphatic hydroxyl groups is 4. The Labute approximate surface area is 122 Å². The van der Waals surface area contributed by atoms with Gasteiger partial charge in [-0.05, 0) is 12.1 Å². The first-order valence-corrected chi connectivity index (χ1v) is 4.70. The summed E-state index contributed by atoms with van der Waals surface area (Å²) in [6.07, 6.45) is -1.90. The van der Waals surface area contributed by atoms with Crippen molar-refractivity contribution in [2.24, 2.45) is 0 Å². The molecule has 0 saturated carbocycles. The number of nitrogens with one attached hydrogen (secondary N) is 1. The van der Waals surface area contributed by atoms with Crippen LogP contribution in [0.2, 0.25) is 0 Å². The Balaban J connectivity index is -0.000000653. The van der Waals surface area contributed by atoms with E-state index in [9.17, 15) is 15.3 Å². The molecule has 5 nitrogen and oxygen atoms in total. The van der Waals surface area contributed by atoms with Crippen molar-refractivity contribution in [2.75, 3.05) is 13.2 Å². The van der Waals surface area contributed by atoms with Gasteiger partial charge in [0.15, 0.2) is 0 Å². The molecule has 0 bridgehead atoms. The van der Waals surface area contributed by atoms with Crippen LogP contribution in [0.25, 0.3) is 0 Å². The molecule has 8 heteroatoms. The summed E-state index contributed by atoms with van der Waals surface area (Å²) in [5.41, 5.74) is 0.341. The second-order valence-electron chi connectivity index (χ2n) is 3.41. The number of aliphatic hydroxyl groups excluding tert-OH is 4. The summed E-state index contributed by atoms with van der Waals surface area (Å²) in [4.78, 5) is 0. The predicted molar refractivity (Wildman–Crippen MR) is 81.8 cm³/mol. The molecule has 0 heterocycles. The summed E-state index contributed by atoms with van der Waals surface area (Å²) < 4.78 is 0. The first-order chi connectivity index (χ1) is 6.61. The highest BCUT2D eigenvalue weighted by Gasteiger charge is 2.36. The molecule has 1 aliphatic rings. The van der Waals surface area contributed by atoms with Crippen LogP contribution in [-0.2, 0) is 0 Å². The molecule has 1 aliphatic carbocycles. The maximum atomic E-state index is 9.55. The Kier molecular flexibility index (Phi) is 14.1. The maximum Gasteiger partial charge on any atom is 0.111 e. The fourth-order valence-corrected chi connectivity index (χ4v) is 1.61. The zero-order valence-corrected chi connectivity index (χ0v) is 12.6. The molecule has 106 valence electrons. The molecule has 4 atom stereocenters. The topological polar surface area (TPSA) is 93.0 Å². The molecule has 1 unspecified atom stereocenters. The van der Waals surface area contributed by atoms with Crippen LogP contribution in [0, 0.1) is 0 Å². The van der Waals surface area contributed by atoms with Crippen molar-refractivity contribution in [3.63, 3.8) is 0 Å². The molecule has 0 amide bonds. The van der Waals surface area contributed by atoms with Crippen molar-refractivity contribution >= 4 is 40.5 Å². The minimum atomic E-state index is -1.24. The Morgan fingerprint density at radius 2 is 1.65 bits per heavy atom. The van der Waals surface area contributed by atoms with Crippen molar-refractivity contribution in [3.05, 3.63) is 11.6 Å². The van der Waals surface area contributed by atoms with E-state index in [2.05, 4.69) is 5.32 Å². The van der Waals surface area contributed by atoms with Crippen LogP contribution in [0.15, 0.2) is 11.6 Å². The third-order valence-corrected chi connectivity index (χ3v) is 2.44. The lowest BCUT2D eigenvalue weighted by Crippen LogP contribution is -2.53. The van der Waals surface area contributed by atoms with Crippen molar-refractivity contribution < 1.29 is 20.4 Å². The van der Waals surface area contributed by atoms with Crippen molar-refractivity contribution in [3.8, 4) is 0 Å². The van der Waals surface area contributed by atoms with Gasteiger partial charge in [0.2, 0.25) is 0 Å². The van der Waals surface area contributed by atoms with E-state index in [1.165, 1.54) is 0 Å². The Bertz CT molecular complexity index is 230. The minimum Gasteiger partial charge on any atom is -0.392 e. The van der Waals surface area contributed by atoms with Crippen molar-refractivity contribution in [2.45, 2.75) is 31.3 Å². The number of hydrogen-bond donors (Lipinski definition) is 5. The zero-order valence-electron chi connectivity index (χ0n) is 9.59. The van der Waals surface area contributed by atoms with Crippen molar-refractivity contribution in [1.82, 2.24) is 5.32 Å². The van der Waals surface area contributed by atoms with E-state index in [1.54, 1.807) is 6.08 Å². The standard InChI is InChI=1S/C9H17NO4.3H2S/c1-2-10-6-3-5(4-11)7(12)9(14)8(6)13;;;/h3,6-14H,2,4H2,1H3;3*1H2/t6-,7+,8-,9?;;;/m0.../s1. The lowest BCUT2D eigenvalue weighted by Gasteiger charge is -2.34. The molecule has 0 spiro atoms. The van der Waals surface area contributed by atoms with E-state index >= 15 is 0 Å². The quantitative estimate of drug-likeness (QED) is 0.402. The minimum absolute atomic E-state index is 0. The Morgan fingerprint density at radius 3 is 2.06 bits per heavy atom. The molecule has 0 radical (unpaired) electrons. The average Bonchev–Trinajstić information content (AvgIpc) is 2.19. The second-order valence-corrected chi connectivity index (χ2v) is 3.41. The molecular formula is C9H23NO4S3. The van der Waals surface area contributed by atoms with Gasteiger partial charge in [-0.15, -0.1) is 0 Å². The van der Waals surface area contributed by atoms with Crippen LogP contribution in [-0.4, -0.2) is 57.9 Å². The lowest BCUT2D eigenvalue weighted by molar-refractivity contribution is -0.0639. The van der Waals surface area contributed by atoms with E-state index in [1.807, 2.05) is 6.92 Å².